The molecule has 0 rings (SSSR count). The predicted octanol–water partition coefficient (Wildman–Crippen LogP) is 1.96. The van der Waals surface area contributed by atoms with Crippen LogP contribution in [0.15, 0.2) is 4.99 Å². The van der Waals surface area contributed by atoms with Gasteiger partial charge < -0.3 is 10.5 Å². The molecule has 0 aromatic rings. The smallest absolute Gasteiger partial charge is 0.0941 e. The minimum atomic E-state index is 0.251. The minimum Gasteiger partial charge on any atom is -0.387 e. The molecule has 0 heterocycles. The van der Waals surface area contributed by atoms with Gasteiger partial charge in [0.05, 0.1) is 18.5 Å². The molecule has 1 atom stereocenters. The number of aliphatic imine (C=N–C) groups is 1. The molecule has 0 aliphatic carbocycles. The van der Waals surface area contributed by atoms with Gasteiger partial charge in [0.15, 0.2) is 0 Å². The number of rotatable bonds is 7. The van der Waals surface area contributed by atoms with Crippen molar-refractivity contribution >= 4 is 5.84 Å². The number of nitrogens with zero attached hydrogens (tertiary/aromatic N) is 1. The van der Waals surface area contributed by atoms with E-state index in [0.29, 0.717) is 6.61 Å². The Morgan fingerprint density at radius 1 is 1.38 bits per heavy atom. The first-order valence-electron chi connectivity index (χ1n) is 5.05. The summed E-state index contributed by atoms with van der Waals surface area (Å²) in [6.07, 6.45) is 4.13. The summed E-state index contributed by atoms with van der Waals surface area (Å²) in [5, 5.41) is 0. The molecule has 2 N–H and O–H groups in total. The van der Waals surface area contributed by atoms with Gasteiger partial charge in [-0.05, 0) is 12.8 Å². The Labute approximate surface area is 81.4 Å². The topological polar surface area (TPSA) is 47.6 Å². The van der Waals surface area contributed by atoms with Crippen LogP contribution >= 0.6 is 0 Å². The van der Waals surface area contributed by atoms with Gasteiger partial charge in [-0.3, -0.25) is 4.99 Å². The predicted molar refractivity (Wildman–Crippen MR) is 57.1 cm³/mol. The Kier molecular flexibility index (Phi) is 7.69. The second-order valence-corrected chi connectivity index (χ2v) is 3.27. The van der Waals surface area contributed by atoms with E-state index in [1.165, 1.54) is 0 Å². The lowest BCUT2D eigenvalue weighted by molar-refractivity contribution is 0.177. The zero-order chi connectivity index (χ0) is 10.1. The number of hydrogen-bond donors (Lipinski definition) is 1. The van der Waals surface area contributed by atoms with E-state index in [1.54, 1.807) is 7.11 Å². The molecule has 0 radical (unpaired) electrons. The number of nitrogens with two attached hydrogens (primary N) is 1. The Bertz CT molecular complexity index is 140. The summed E-state index contributed by atoms with van der Waals surface area (Å²) in [5.41, 5.74) is 5.74. The van der Waals surface area contributed by atoms with Crippen LogP contribution in [0.1, 0.15) is 39.5 Å². The molecule has 0 saturated heterocycles. The molecular formula is C10H22N2O. The first kappa shape index (κ1) is 12.4. The minimum absolute atomic E-state index is 0.251. The molecule has 78 valence electrons. The molecule has 0 saturated carbocycles. The lowest BCUT2D eigenvalue weighted by Crippen LogP contribution is -2.19. The van der Waals surface area contributed by atoms with Crippen molar-refractivity contribution in [3.63, 3.8) is 0 Å². The Balaban J connectivity index is 3.96. The van der Waals surface area contributed by atoms with E-state index < -0.39 is 0 Å². The average Bonchev–Trinajstić information content (AvgIpc) is 2.05. The Morgan fingerprint density at radius 2 is 2.08 bits per heavy atom. The molecule has 0 bridgehead atoms. The van der Waals surface area contributed by atoms with Crippen molar-refractivity contribution in [3.8, 4) is 0 Å². The van der Waals surface area contributed by atoms with E-state index >= 15 is 0 Å². The summed E-state index contributed by atoms with van der Waals surface area (Å²) in [5.74, 6) is 0.762. The summed E-state index contributed by atoms with van der Waals surface area (Å²) in [7, 11) is 1.70. The van der Waals surface area contributed by atoms with Crippen LogP contribution in [0.25, 0.3) is 0 Å². The van der Waals surface area contributed by atoms with Crippen LogP contribution < -0.4 is 5.73 Å². The second kappa shape index (κ2) is 8.05. The lowest BCUT2D eigenvalue weighted by atomic mass is 10.2. The molecular weight excluding hydrogens is 164 g/mol. The molecule has 0 spiro atoms. The van der Waals surface area contributed by atoms with Crippen LogP contribution in [0.4, 0.5) is 0 Å². The normalized spacial score (nSPS) is 14.5. The van der Waals surface area contributed by atoms with Crippen molar-refractivity contribution in [1.29, 1.82) is 0 Å². The van der Waals surface area contributed by atoms with Crippen molar-refractivity contribution in [2.75, 3.05) is 13.7 Å². The summed E-state index contributed by atoms with van der Waals surface area (Å²) in [6.45, 7) is 4.93. The van der Waals surface area contributed by atoms with Crippen molar-refractivity contribution in [2.45, 2.75) is 45.6 Å². The van der Waals surface area contributed by atoms with Crippen LogP contribution in [0.5, 0.6) is 0 Å². The highest BCUT2D eigenvalue weighted by Gasteiger charge is 2.05. The van der Waals surface area contributed by atoms with Crippen molar-refractivity contribution in [2.24, 2.45) is 10.7 Å². The average molecular weight is 186 g/mol. The van der Waals surface area contributed by atoms with Gasteiger partial charge in [-0.25, -0.2) is 0 Å². The highest BCUT2D eigenvalue weighted by Crippen LogP contribution is 2.03. The fourth-order valence-corrected chi connectivity index (χ4v) is 1.27. The summed E-state index contributed by atoms with van der Waals surface area (Å²) in [4.78, 5) is 4.42. The van der Waals surface area contributed by atoms with Crippen LogP contribution in [0.2, 0.25) is 0 Å². The Hall–Kier alpha value is -0.570. The largest absolute Gasteiger partial charge is 0.387 e. The maximum Gasteiger partial charge on any atom is 0.0941 e. The summed E-state index contributed by atoms with van der Waals surface area (Å²) in [6, 6.07) is 0.251. The maximum absolute atomic E-state index is 5.74. The van der Waals surface area contributed by atoms with E-state index in [0.717, 1.165) is 31.5 Å². The molecule has 1 unspecified atom stereocenters. The van der Waals surface area contributed by atoms with Gasteiger partial charge in [0.1, 0.15) is 0 Å². The molecule has 3 heteroatoms. The third-order valence-corrected chi connectivity index (χ3v) is 1.84. The first-order valence-corrected chi connectivity index (χ1v) is 5.05. The molecule has 0 aliphatic rings. The van der Waals surface area contributed by atoms with Crippen LogP contribution in [-0.2, 0) is 4.74 Å². The summed E-state index contributed by atoms with van der Waals surface area (Å²) < 4.78 is 5.07. The van der Waals surface area contributed by atoms with Crippen molar-refractivity contribution in [3.05, 3.63) is 0 Å². The maximum atomic E-state index is 5.74. The quantitative estimate of drug-likeness (QED) is 0.488. The molecule has 3 nitrogen and oxygen atoms in total. The van der Waals surface area contributed by atoms with Gasteiger partial charge >= 0.3 is 0 Å². The number of hydrogen-bond acceptors (Lipinski definition) is 2. The number of amidine groups is 1. The van der Waals surface area contributed by atoms with Crippen molar-refractivity contribution in [1.82, 2.24) is 0 Å². The Morgan fingerprint density at radius 3 is 2.54 bits per heavy atom. The molecule has 0 aliphatic heterocycles. The number of methoxy groups -OCH3 is 1. The van der Waals surface area contributed by atoms with Gasteiger partial charge in [-0.15, -0.1) is 0 Å². The van der Waals surface area contributed by atoms with Gasteiger partial charge in [0, 0.05) is 13.5 Å². The van der Waals surface area contributed by atoms with Crippen LogP contribution in [0.3, 0.4) is 0 Å². The molecule has 0 amide bonds. The third kappa shape index (κ3) is 6.58. The fourth-order valence-electron chi connectivity index (χ4n) is 1.27. The van der Waals surface area contributed by atoms with E-state index in [-0.39, 0.29) is 6.04 Å². The van der Waals surface area contributed by atoms with E-state index in [4.69, 9.17) is 10.5 Å². The molecule has 13 heavy (non-hydrogen) atoms. The third-order valence-electron chi connectivity index (χ3n) is 1.84. The monoisotopic (exact) mass is 186 g/mol. The van der Waals surface area contributed by atoms with Gasteiger partial charge in [-0.1, -0.05) is 20.3 Å². The van der Waals surface area contributed by atoms with Crippen molar-refractivity contribution < 1.29 is 4.74 Å². The van der Waals surface area contributed by atoms with E-state index in [2.05, 4.69) is 18.8 Å². The van der Waals surface area contributed by atoms with E-state index in [1.807, 2.05) is 0 Å². The standard InChI is InChI=1S/C10H22N2O/c1-4-6-9(8-13-3)12-10(11)7-5-2/h9H,4-8H2,1-3H3,(H2,11,12). The van der Waals surface area contributed by atoms with Gasteiger partial charge in [0.2, 0.25) is 0 Å². The SMILES string of the molecule is CCCC(N)=NC(CCC)COC. The zero-order valence-corrected chi connectivity index (χ0v) is 9.05. The highest BCUT2D eigenvalue weighted by atomic mass is 16.5. The first-order chi connectivity index (χ1) is 6.24. The lowest BCUT2D eigenvalue weighted by Gasteiger charge is -2.11. The zero-order valence-electron chi connectivity index (χ0n) is 9.05. The molecule has 0 fully saturated rings. The van der Waals surface area contributed by atoms with Crippen LogP contribution in [0, 0.1) is 0 Å². The second-order valence-electron chi connectivity index (χ2n) is 3.27. The number of ether oxygens (including phenoxy) is 1. The molecule has 0 aromatic carbocycles. The van der Waals surface area contributed by atoms with Crippen LogP contribution in [-0.4, -0.2) is 25.6 Å². The van der Waals surface area contributed by atoms with Gasteiger partial charge in [0.25, 0.3) is 0 Å². The summed E-state index contributed by atoms with van der Waals surface area (Å²) >= 11 is 0. The van der Waals surface area contributed by atoms with E-state index in [9.17, 15) is 0 Å². The van der Waals surface area contributed by atoms with Gasteiger partial charge in [-0.2, -0.15) is 0 Å². The molecule has 0 aromatic heterocycles. The fraction of sp³-hybridized carbons (Fsp3) is 0.900. The highest BCUT2D eigenvalue weighted by molar-refractivity contribution is 5.80.